The number of carbonyl (C=O) groups is 2. The molecule has 0 radical (unpaired) electrons. The number of hydrogen-bond acceptors (Lipinski definition) is 3. The summed E-state index contributed by atoms with van der Waals surface area (Å²) in [6.45, 7) is 4.51. The molecule has 0 saturated heterocycles. The summed E-state index contributed by atoms with van der Waals surface area (Å²) in [6.07, 6.45) is 1.47. The van der Waals surface area contributed by atoms with Crippen molar-refractivity contribution in [2.75, 3.05) is 13.1 Å². The van der Waals surface area contributed by atoms with Crippen LogP contribution in [0.15, 0.2) is 16.5 Å². The van der Waals surface area contributed by atoms with Crippen molar-refractivity contribution in [1.82, 2.24) is 10.6 Å². The summed E-state index contributed by atoms with van der Waals surface area (Å²) in [5.41, 5.74) is 0. The van der Waals surface area contributed by atoms with Crippen LogP contribution in [0, 0.1) is 0 Å². The van der Waals surface area contributed by atoms with Crippen LogP contribution >= 0.6 is 0 Å². The van der Waals surface area contributed by atoms with Gasteiger partial charge in [0.25, 0.3) is 5.91 Å². The van der Waals surface area contributed by atoms with Gasteiger partial charge >= 0.3 is 0 Å². The Bertz CT molecular complexity index is 385. The van der Waals surface area contributed by atoms with Gasteiger partial charge in [0.2, 0.25) is 5.91 Å². The van der Waals surface area contributed by atoms with Gasteiger partial charge in [0.1, 0.15) is 5.76 Å². The van der Waals surface area contributed by atoms with Gasteiger partial charge < -0.3 is 15.1 Å². The first kappa shape index (κ1) is 13.3. The van der Waals surface area contributed by atoms with Crippen molar-refractivity contribution >= 4 is 11.8 Å². The fourth-order valence-corrected chi connectivity index (χ4v) is 1.33. The highest BCUT2D eigenvalue weighted by atomic mass is 16.3. The minimum Gasteiger partial charge on any atom is -0.456 e. The Kier molecular flexibility index (Phi) is 5.26. The number of nitrogens with one attached hydrogen (secondary N) is 2. The van der Waals surface area contributed by atoms with Crippen LogP contribution < -0.4 is 10.6 Å². The van der Waals surface area contributed by atoms with Gasteiger partial charge in [-0.15, -0.1) is 0 Å². The molecule has 5 nitrogen and oxygen atoms in total. The zero-order chi connectivity index (χ0) is 12.7. The molecule has 0 bridgehead atoms. The Balaban J connectivity index is 2.23. The average Bonchev–Trinajstić information content (AvgIpc) is 2.76. The SMILES string of the molecule is CCc1ccc(C(=O)NCCCNC(C)=O)o1. The van der Waals surface area contributed by atoms with Crippen molar-refractivity contribution in [2.45, 2.75) is 26.7 Å². The summed E-state index contributed by atoms with van der Waals surface area (Å²) in [5, 5.41) is 5.38. The Labute approximate surface area is 101 Å². The Morgan fingerprint density at radius 3 is 2.53 bits per heavy atom. The van der Waals surface area contributed by atoms with E-state index in [1.54, 1.807) is 12.1 Å². The molecule has 1 heterocycles. The zero-order valence-corrected chi connectivity index (χ0v) is 10.2. The fourth-order valence-electron chi connectivity index (χ4n) is 1.33. The number of aryl methyl sites for hydroxylation is 1. The molecule has 17 heavy (non-hydrogen) atoms. The second kappa shape index (κ2) is 6.73. The maximum atomic E-state index is 11.6. The molecule has 1 aromatic heterocycles. The maximum absolute atomic E-state index is 11.6. The van der Waals surface area contributed by atoms with Gasteiger partial charge in [-0.3, -0.25) is 9.59 Å². The molecule has 0 aliphatic carbocycles. The highest BCUT2D eigenvalue weighted by Crippen LogP contribution is 2.07. The van der Waals surface area contributed by atoms with E-state index < -0.39 is 0 Å². The van der Waals surface area contributed by atoms with E-state index in [0.717, 1.165) is 12.2 Å². The predicted octanol–water partition coefficient (Wildman–Crippen LogP) is 1.10. The summed E-state index contributed by atoms with van der Waals surface area (Å²) in [4.78, 5) is 22.2. The van der Waals surface area contributed by atoms with Crippen LogP contribution in [0.4, 0.5) is 0 Å². The summed E-state index contributed by atoms with van der Waals surface area (Å²) in [5.74, 6) is 0.859. The lowest BCUT2D eigenvalue weighted by molar-refractivity contribution is -0.118. The van der Waals surface area contributed by atoms with Gasteiger partial charge in [0, 0.05) is 26.4 Å². The van der Waals surface area contributed by atoms with Crippen molar-refractivity contribution in [3.05, 3.63) is 23.7 Å². The van der Waals surface area contributed by atoms with Crippen molar-refractivity contribution in [2.24, 2.45) is 0 Å². The third-order valence-electron chi connectivity index (χ3n) is 2.25. The minimum atomic E-state index is -0.215. The van der Waals surface area contributed by atoms with Gasteiger partial charge in [0.15, 0.2) is 5.76 Å². The molecular weight excluding hydrogens is 220 g/mol. The highest BCUT2D eigenvalue weighted by Gasteiger charge is 2.09. The first-order chi connectivity index (χ1) is 8.13. The molecule has 94 valence electrons. The van der Waals surface area contributed by atoms with Crippen LogP contribution in [-0.4, -0.2) is 24.9 Å². The highest BCUT2D eigenvalue weighted by molar-refractivity contribution is 5.91. The molecule has 0 aliphatic rings. The summed E-state index contributed by atoms with van der Waals surface area (Å²) in [6, 6.07) is 3.47. The third kappa shape index (κ3) is 4.72. The molecule has 1 rings (SSSR count). The number of amides is 2. The summed E-state index contributed by atoms with van der Waals surface area (Å²) < 4.78 is 5.31. The number of furan rings is 1. The van der Waals surface area contributed by atoms with E-state index in [-0.39, 0.29) is 11.8 Å². The normalized spacial score (nSPS) is 10.0. The molecule has 5 heteroatoms. The first-order valence-corrected chi connectivity index (χ1v) is 5.74. The molecule has 0 atom stereocenters. The summed E-state index contributed by atoms with van der Waals surface area (Å²) in [7, 11) is 0. The molecular formula is C12H18N2O3. The lowest BCUT2D eigenvalue weighted by Gasteiger charge is -2.03. The molecule has 0 aromatic carbocycles. The van der Waals surface area contributed by atoms with E-state index in [1.807, 2.05) is 6.92 Å². The monoisotopic (exact) mass is 238 g/mol. The predicted molar refractivity (Wildman–Crippen MR) is 63.7 cm³/mol. The number of hydrogen-bond donors (Lipinski definition) is 2. The van der Waals surface area contributed by atoms with E-state index >= 15 is 0 Å². The Hall–Kier alpha value is -1.78. The van der Waals surface area contributed by atoms with Crippen LogP contribution in [0.3, 0.4) is 0 Å². The van der Waals surface area contributed by atoms with Crippen molar-refractivity contribution in [1.29, 1.82) is 0 Å². The average molecular weight is 238 g/mol. The van der Waals surface area contributed by atoms with Crippen molar-refractivity contribution < 1.29 is 14.0 Å². The zero-order valence-electron chi connectivity index (χ0n) is 10.2. The second-order valence-electron chi connectivity index (χ2n) is 3.71. The lowest BCUT2D eigenvalue weighted by Crippen LogP contribution is -2.28. The molecule has 0 spiro atoms. The molecule has 0 saturated carbocycles. The molecule has 2 amide bonds. The number of rotatable bonds is 6. The van der Waals surface area contributed by atoms with Crippen LogP contribution in [0.1, 0.15) is 36.6 Å². The van der Waals surface area contributed by atoms with Crippen LogP contribution in [-0.2, 0) is 11.2 Å². The molecule has 0 unspecified atom stereocenters. The van der Waals surface area contributed by atoms with Gasteiger partial charge in [-0.05, 0) is 18.6 Å². The molecule has 0 aliphatic heterocycles. The van der Waals surface area contributed by atoms with E-state index in [4.69, 9.17) is 4.42 Å². The van der Waals surface area contributed by atoms with Crippen LogP contribution in [0.5, 0.6) is 0 Å². The van der Waals surface area contributed by atoms with E-state index in [9.17, 15) is 9.59 Å². The third-order valence-corrected chi connectivity index (χ3v) is 2.25. The van der Waals surface area contributed by atoms with Gasteiger partial charge in [0.05, 0.1) is 0 Å². The van der Waals surface area contributed by atoms with E-state index in [2.05, 4.69) is 10.6 Å². The van der Waals surface area contributed by atoms with E-state index in [0.29, 0.717) is 25.3 Å². The Morgan fingerprint density at radius 2 is 1.94 bits per heavy atom. The van der Waals surface area contributed by atoms with Crippen molar-refractivity contribution in [3.63, 3.8) is 0 Å². The minimum absolute atomic E-state index is 0.0602. The van der Waals surface area contributed by atoms with Crippen LogP contribution in [0.25, 0.3) is 0 Å². The standard InChI is InChI=1S/C12H18N2O3/c1-3-10-5-6-11(17-10)12(16)14-8-4-7-13-9(2)15/h5-6H,3-4,7-8H2,1-2H3,(H,13,15)(H,14,16). The van der Waals surface area contributed by atoms with E-state index in [1.165, 1.54) is 6.92 Å². The van der Waals surface area contributed by atoms with Crippen molar-refractivity contribution in [3.8, 4) is 0 Å². The fraction of sp³-hybridized carbons (Fsp3) is 0.500. The topological polar surface area (TPSA) is 71.3 Å². The van der Waals surface area contributed by atoms with Gasteiger partial charge in [-0.1, -0.05) is 6.92 Å². The Morgan fingerprint density at radius 1 is 1.24 bits per heavy atom. The lowest BCUT2D eigenvalue weighted by atomic mass is 10.3. The first-order valence-electron chi connectivity index (χ1n) is 5.74. The largest absolute Gasteiger partial charge is 0.456 e. The number of carbonyl (C=O) groups excluding carboxylic acids is 2. The molecule has 2 N–H and O–H groups in total. The molecule has 0 fully saturated rings. The van der Waals surface area contributed by atoms with Crippen LogP contribution in [0.2, 0.25) is 0 Å². The maximum Gasteiger partial charge on any atom is 0.286 e. The van der Waals surface area contributed by atoms with Gasteiger partial charge in [-0.25, -0.2) is 0 Å². The van der Waals surface area contributed by atoms with Gasteiger partial charge in [-0.2, -0.15) is 0 Å². The summed E-state index contributed by atoms with van der Waals surface area (Å²) >= 11 is 0. The smallest absolute Gasteiger partial charge is 0.286 e. The molecule has 1 aromatic rings. The second-order valence-corrected chi connectivity index (χ2v) is 3.71. The quantitative estimate of drug-likeness (QED) is 0.729.